The Morgan fingerprint density at radius 2 is 1.64 bits per heavy atom. The van der Waals surface area contributed by atoms with E-state index in [9.17, 15) is 43.1 Å². The molecule has 61 heavy (non-hydrogen) atoms. The lowest BCUT2D eigenvalue weighted by atomic mass is 9.65. The lowest BCUT2D eigenvalue weighted by Crippen LogP contribution is -2.56. The monoisotopic (exact) mass is 857 g/mol. The fourth-order valence-corrected chi connectivity index (χ4v) is 7.68. The second-order valence-electron chi connectivity index (χ2n) is 16.8. The molecule has 16 heteroatoms. The van der Waals surface area contributed by atoms with E-state index in [1.54, 1.807) is 38.1 Å². The number of hydrogen-bond donors (Lipinski definition) is 5. The normalized spacial score (nSPS) is 25.0. The fourth-order valence-electron chi connectivity index (χ4n) is 7.68. The van der Waals surface area contributed by atoms with E-state index in [-0.39, 0.29) is 54.9 Å². The summed E-state index contributed by atoms with van der Waals surface area (Å²) in [4.78, 5) is 83.5. The summed E-state index contributed by atoms with van der Waals surface area (Å²) in [6, 6.07) is 5.15. The molecule has 0 bridgehead atoms. The number of Topliss-reactive ketones (excluding diaryl/α,β-unsaturated/α-hetero) is 1. The number of alkyl carbamates (subject to hydrolysis) is 1. The van der Waals surface area contributed by atoms with E-state index >= 15 is 0 Å². The number of carbonyl (C=O) groups excluding carboxylic acids is 6. The Labute approximate surface area is 357 Å². The Morgan fingerprint density at radius 3 is 2.25 bits per heavy atom. The number of amides is 3. The standard InChI is InChI=1S/C24H36O5.C21H28FN3O7/c1-5-15(3)24(27)29-21-11-14(2)10-17-7-6-16(4)20(23(17)21)9-8-19-12-18(25)13-22(26)28-19;1-12(2)18(25-21(31)32-11-14-7-5-4-6-8-14)20(30)23-13(3)19(29)24-15(9-17(27)28)16(26)10-22/h6-7,10,14-16,18-21,23,25H,5,8-9,11-13H2,1-4H3;4-8,12-13,15,18H,9-11H2,1-3H3,(H,23,30)(H,24,29)(H,25,31)(H,27,28)/t14-,15-,16-,18+,19+,20-,21-,23-;13-,15-,18-/m00/s1. The molecule has 1 heterocycles. The van der Waals surface area contributed by atoms with E-state index in [2.05, 4.69) is 48.0 Å². The number of aliphatic carboxylic acids is 1. The van der Waals surface area contributed by atoms with Gasteiger partial charge in [0.2, 0.25) is 11.8 Å². The SMILES string of the molecule is CC(C)[C@H](NC(=O)OCc1ccccc1)C(=O)N[C@@H](C)C(=O)N[C@@H](CC(=O)O)C(=O)CF.CC[C@H](C)C(=O)O[C@H]1C[C@@H](C)C=C2C=C[C@H](C)[C@H](CC[C@@H]3C[C@@H](O)CC(=O)O3)[C@H]21. The summed E-state index contributed by atoms with van der Waals surface area (Å²) in [6.07, 6.45) is 8.08. The summed E-state index contributed by atoms with van der Waals surface area (Å²) in [5.74, 6) is -3.66. The van der Waals surface area contributed by atoms with Gasteiger partial charge in [-0.2, -0.15) is 0 Å². The third-order valence-corrected chi connectivity index (χ3v) is 11.3. The van der Waals surface area contributed by atoms with Crippen LogP contribution in [0.15, 0.2) is 54.1 Å². The highest BCUT2D eigenvalue weighted by atomic mass is 19.1. The molecule has 0 aromatic heterocycles. The molecule has 15 nitrogen and oxygen atoms in total. The molecular weight excluding hydrogens is 794 g/mol. The second kappa shape index (κ2) is 24.4. The number of aliphatic hydroxyl groups excluding tert-OH is 1. The fraction of sp³-hybridized carbons (Fsp3) is 0.622. The van der Waals surface area contributed by atoms with Crippen LogP contribution in [0.3, 0.4) is 0 Å². The number of esters is 2. The van der Waals surface area contributed by atoms with Crippen LogP contribution in [0.1, 0.15) is 99.0 Å². The Hall–Kier alpha value is -5.12. The molecule has 2 aliphatic carbocycles. The van der Waals surface area contributed by atoms with Gasteiger partial charge in [-0.05, 0) is 67.4 Å². The van der Waals surface area contributed by atoms with Gasteiger partial charge in [-0.15, -0.1) is 0 Å². The summed E-state index contributed by atoms with van der Waals surface area (Å²) in [6.45, 7) is 11.5. The number of carbonyl (C=O) groups is 7. The number of ether oxygens (including phenoxy) is 3. The van der Waals surface area contributed by atoms with Crippen LogP contribution in [-0.4, -0.2) is 94.9 Å². The van der Waals surface area contributed by atoms with Crippen LogP contribution >= 0.6 is 0 Å². The van der Waals surface area contributed by atoms with E-state index < -0.39 is 67.0 Å². The van der Waals surface area contributed by atoms with Crippen molar-refractivity contribution in [3.63, 3.8) is 0 Å². The summed E-state index contributed by atoms with van der Waals surface area (Å²) in [7, 11) is 0. The molecule has 4 rings (SSSR count). The molecule has 1 aromatic rings. The third kappa shape index (κ3) is 16.0. The van der Waals surface area contributed by atoms with Crippen LogP contribution < -0.4 is 16.0 Å². The summed E-state index contributed by atoms with van der Waals surface area (Å²) < 4.78 is 29.2. The molecule has 1 aliphatic heterocycles. The lowest BCUT2D eigenvalue weighted by Gasteiger charge is -2.43. The van der Waals surface area contributed by atoms with Crippen molar-refractivity contribution in [2.24, 2.45) is 35.5 Å². The average Bonchev–Trinajstić information content (AvgIpc) is 3.20. The van der Waals surface area contributed by atoms with Crippen molar-refractivity contribution in [2.45, 2.75) is 136 Å². The maximum absolute atomic E-state index is 12.6. The zero-order valence-corrected chi connectivity index (χ0v) is 36.3. The van der Waals surface area contributed by atoms with Crippen molar-refractivity contribution < 1.29 is 62.4 Å². The minimum atomic E-state index is -1.56. The molecule has 1 saturated heterocycles. The number of carboxylic acids is 1. The number of nitrogens with one attached hydrogen (secondary N) is 3. The van der Waals surface area contributed by atoms with Gasteiger partial charge in [0.1, 0.15) is 43.6 Å². The van der Waals surface area contributed by atoms with Gasteiger partial charge in [0.25, 0.3) is 0 Å². The molecule has 5 N–H and O–H groups in total. The van der Waals surface area contributed by atoms with Crippen molar-refractivity contribution in [1.82, 2.24) is 16.0 Å². The number of benzene rings is 1. The number of cyclic esters (lactones) is 1. The lowest BCUT2D eigenvalue weighted by molar-refractivity contribution is -0.162. The predicted molar refractivity (Wildman–Crippen MR) is 222 cm³/mol. The predicted octanol–water partition coefficient (Wildman–Crippen LogP) is 5.14. The van der Waals surface area contributed by atoms with Crippen molar-refractivity contribution in [3.05, 3.63) is 59.7 Å². The van der Waals surface area contributed by atoms with Crippen molar-refractivity contribution >= 4 is 41.6 Å². The average molecular weight is 858 g/mol. The topological polar surface area (TPSA) is 224 Å². The number of aliphatic hydroxyl groups is 1. The number of carboxylic acid groups (broad SMARTS) is 1. The third-order valence-electron chi connectivity index (χ3n) is 11.3. The van der Waals surface area contributed by atoms with E-state index in [0.29, 0.717) is 24.2 Å². The van der Waals surface area contributed by atoms with Crippen LogP contribution in [0.2, 0.25) is 0 Å². The first-order valence-electron chi connectivity index (χ1n) is 21.2. The van der Waals surface area contributed by atoms with Gasteiger partial charge in [0, 0.05) is 12.3 Å². The molecule has 11 atom stereocenters. The highest BCUT2D eigenvalue weighted by Crippen LogP contribution is 2.45. The van der Waals surface area contributed by atoms with Gasteiger partial charge in [0.05, 0.1) is 24.9 Å². The molecule has 0 spiro atoms. The first-order chi connectivity index (χ1) is 28.8. The van der Waals surface area contributed by atoms with Crippen molar-refractivity contribution in [1.29, 1.82) is 0 Å². The molecule has 0 radical (unpaired) electrons. The number of fused-ring (bicyclic) bond motifs is 1. The van der Waals surface area contributed by atoms with Gasteiger partial charge in [0.15, 0.2) is 5.78 Å². The number of ketones is 1. The Balaban J connectivity index is 0.000000326. The number of alkyl halides is 1. The number of rotatable bonds is 18. The first-order valence-corrected chi connectivity index (χ1v) is 21.2. The molecular formula is C45H64FN3O12. The Morgan fingerprint density at radius 1 is 0.951 bits per heavy atom. The van der Waals surface area contributed by atoms with Crippen molar-refractivity contribution in [3.8, 4) is 0 Å². The molecule has 0 saturated carbocycles. The van der Waals surface area contributed by atoms with E-state index in [4.69, 9.17) is 19.3 Å². The number of allylic oxidation sites excluding steroid dienone is 3. The summed E-state index contributed by atoms with van der Waals surface area (Å²) in [5.41, 5.74) is 2.03. The zero-order valence-electron chi connectivity index (χ0n) is 36.3. The molecule has 0 unspecified atom stereocenters. The molecule has 1 fully saturated rings. The van der Waals surface area contributed by atoms with Crippen LogP contribution in [0.4, 0.5) is 9.18 Å². The molecule has 3 aliphatic rings. The highest BCUT2D eigenvalue weighted by molar-refractivity contribution is 5.95. The highest BCUT2D eigenvalue weighted by Gasteiger charge is 2.42. The van der Waals surface area contributed by atoms with E-state index in [0.717, 1.165) is 31.2 Å². The largest absolute Gasteiger partial charge is 0.481 e. The smallest absolute Gasteiger partial charge is 0.408 e. The maximum Gasteiger partial charge on any atom is 0.408 e. The van der Waals surface area contributed by atoms with Gasteiger partial charge < -0.3 is 40.4 Å². The Bertz CT molecular complexity index is 1740. The van der Waals surface area contributed by atoms with E-state index in [1.807, 2.05) is 19.9 Å². The van der Waals surface area contributed by atoms with Crippen molar-refractivity contribution in [2.75, 3.05) is 6.67 Å². The minimum absolute atomic E-state index is 0.00544. The van der Waals surface area contributed by atoms with E-state index in [1.165, 1.54) is 12.5 Å². The van der Waals surface area contributed by atoms with Crippen LogP contribution in [0, 0.1) is 35.5 Å². The number of halogens is 1. The second-order valence-corrected chi connectivity index (χ2v) is 16.8. The van der Waals surface area contributed by atoms with Gasteiger partial charge in [-0.1, -0.05) is 90.1 Å². The maximum atomic E-state index is 12.6. The summed E-state index contributed by atoms with van der Waals surface area (Å²) >= 11 is 0. The minimum Gasteiger partial charge on any atom is -0.481 e. The van der Waals surface area contributed by atoms with Crippen LogP contribution in [0.5, 0.6) is 0 Å². The van der Waals surface area contributed by atoms with Crippen LogP contribution in [-0.2, 0) is 49.6 Å². The van der Waals surface area contributed by atoms with Gasteiger partial charge in [-0.25, -0.2) is 9.18 Å². The molecule has 3 amide bonds. The molecule has 1 aromatic carbocycles. The summed E-state index contributed by atoms with van der Waals surface area (Å²) in [5, 5.41) is 25.6. The van der Waals surface area contributed by atoms with Gasteiger partial charge >= 0.3 is 24.0 Å². The first kappa shape index (κ1) is 50.2. The van der Waals surface area contributed by atoms with Crippen LogP contribution in [0.25, 0.3) is 0 Å². The zero-order chi connectivity index (χ0) is 45.4. The quantitative estimate of drug-likeness (QED) is 0.0957. The number of hydrogen-bond acceptors (Lipinski definition) is 11. The van der Waals surface area contributed by atoms with Gasteiger partial charge in [-0.3, -0.25) is 28.8 Å². The molecule has 338 valence electrons. The Kier molecular flexibility index (Phi) is 20.1.